The lowest BCUT2D eigenvalue weighted by molar-refractivity contribution is 0.0929. The first-order chi connectivity index (χ1) is 10.7. The Hall–Kier alpha value is -1.44. The van der Waals surface area contributed by atoms with Crippen molar-refractivity contribution in [2.45, 2.75) is 50.1 Å². The Morgan fingerprint density at radius 2 is 1.70 bits per heavy atom. The summed E-state index contributed by atoms with van der Waals surface area (Å²) in [7, 11) is -3.58. The van der Waals surface area contributed by atoms with Crippen molar-refractivity contribution in [2.75, 3.05) is 13.1 Å². The largest absolute Gasteiger partial charge is 0.349 e. The lowest BCUT2D eigenvalue weighted by Gasteiger charge is -2.23. The molecule has 1 aromatic carbocycles. The zero-order valence-electron chi connectivity index (χ0n) is 13.8. The molecule has 1 fully saturated rings. The van der Waals surface area contributed by atoms with Crippen molar-refractivity contribution < 1.29 is 13.2 Å². The van der Waals surface area contributed by atoms with Gasteiger partial charge in [-0.25, -0.2) is 13.1 Å². The summed E-state index contributed by atoms with van der Waals surface area (Å²) in [6, 6.07) is 6.20. The normalized spacial score (nSPS) is 17.0. The van der Waals surface area contributed by atoms with Crippen LogP contribution in [0.5, 0.6) is 0 Å². The van der Waals surface area contributed by atoms with Crippen LogP contribution in [0.2, 0.25) is 0 Å². The Balaban J connectivity index is 2.05. The summed E-state index contributed by atoms with van der Waals surface area (Å²) in [4.78, 5) is 12.4. The number of benzene rings is 1. The molecule has 0 spiro atoms. The smallest absolute Gasteiger partial charge is 0.251 e. The summed E-state index contributed by atoms with van der Waals surface area (Å²) < 4.78 is 27.0. The number of piperidine rings is 1. The second kappa shape index (κ2) is 6.98. The van der Waals surface area contributed by atoms with Gasteiger partial charge in [-0.2, -0.15) is 0 Å². The molecule has 1 aliphatic rings. The average Bonchev–Trinajstić information content (AvgIpc) is 2.46. The van der Waals surface area contributed by atoms with E-state index >= 15 is 0 Å². The lowest BCUT2D eigenvalue weighted by Crippen LogP contribution is -2.42. The van der Waals surface area contributed by atoms with Gasteiger partial charge in [0, 0.05) is 17.1 Å². The quantitative estimate of drug-likeness (QED) is 0.770. The summed E-state index contributed by atoms with van der Waals surface area (Å²) in [6.07, 6.45) is 1.82. The van der Waals surface area contributed by atoms with Crippen LogP contribution in [-0.4, -0.2) is 39.0 Å². The Morgan fingerprint density at radius 3 is 2.22 bits per heavy atom. The molecule has 128 valence electrons. The van der Waals surface area contributed by atoms with Crippen LogP contribution in [0, 0.1) is 0 Å². The minimum absolute atomic E-state index is 0.158. The summed E-state index contributed by atoms with van der Waals surface area (Å²) >= 11 is 0. The molecule has 1 amide bonds. The minimum atomic E-state index is -3.58. The molecule has 0 radical (unpaired) electrons. The maximum atomic E-state index is 12.2. The second-order valence-electron chi connectivity index (χ2n) is 6.88. The van der Waals surface area contributed by atoms with Gasteiger partial charge in [0.25, 0.3) is 5.91 Å². The van der Waals surface area contributed by atoms with Crippen molar-refractivity contribution in [3.05, 3.63) is 29.8 Å². The summed E-state index contributed by atoms with van der Waals surface area (Å²) in [5, 5.41) is 6.23. The molecular weight excluding hydrogens is 314 g/mol. The van der Waals surface area contributed by atoms with E-state index in [1.54, 1.807) is 32.9 Å². The van der Waals surface area contributed by atoms with Crippen molar-refractivity contribution in [2.24, 2.45) is 0 Å². The highest BCUT2D eigenvalue weighted by atomic mass is 32.2. The van der Waals surface area contributed by atoms with E-state index in [1.165, 1.54) is 12.1 Å². The second-order valence-corrected chi connectivity index (χ2v) is 8.56. The maximum absolute atomic E-state index is 12.2. The molecule has 1 aromatic rings. The van der Waals surface area contributed by atoms with E-state index in [4.69, 9.17) is 0 Å². The van der Waals surface area contributed by atoms with Crippen LogP contribution < -0.4 is 15.4 Å². The lowest BCUT2D eigenvalue weighted by atomic mass is 10.1. The SMILES string of the molecule is CC(C)(C)NS(=O)(=O)c1ccc(C(=O)NC2CCNCC2)cc1. The fourth-order valence-corrected chi connectivity index (χ4v) is 3.90. The first-order valence-electron chi connectivity index (χ1n) is 7.83. The van der Waals surface area contributed by atoms with Gasteiger partial charge in [0.2, 0.25) is 10.0 Å². The standard InChI is InChI=1S/C16H25N3O3S/c1-16(2,3)19-23(21,22)14-6-4-12(5-7-14)15(20)18-13-8-10-17-11-9-13/h4-7,13,17,19H,8-11H2,1-3H3,(H,18,20). The van der Waals surface area contributed by atoms with Gasteiger partial charge < -0.3 is 10.6 Å². The van der Waals surface area contributed by atoms with Crippen LogP contribution in [-0.2, 0) is 10.0 Å². The minimum Gasteiger partial charge on any atom is -0.349 e. The Bertz CT molecular complexity index is 642. The highest BCUT2D eigenvalue weighted by Gasteiger charge is 2.22. The number of hydrogen-bond acceptors (Lipinski definition) is 4. The van der Waals surface area contributed by atoms with Gasteiger partial charge in [0.05, 0.1) is 4.90 Å². The number of hydrogen-bond donors (Lipinski definition) is 3. The molecule has 0 bridgehead atoms. The highest BCUT2D eigenvalue weighted by molar-refractivity contribution is 7.89. The van der Waals surface area contributed by atoms with Crippen molar-refractivity contribution in [1.29, 1.82) is 0 Å². The average molecular weight is 339 g/mol. The van der Waals surface area contributed by atoms with E-state index < -0.39 is 15.6 Å². The maximum Gasteiger partial charge on any atom is 0.251 e. The highest BCUT2D eigenvalue weighted by Crippen LogP contribution is 2.14. The zero-order chi connectivity index (χ0) is 17.1. The number of amides is 1. The zero-order valence-corrected chi connectivity index (χ0v) is 14.7. The fourth-order valence-electron chi connectivity index (χ4n) is 2.48. The molecule has 0 unspecified atom stereocenters. The van der Waals surface area contributed by atoms with Crippen LogP contribution in [0.4, 0.5) is 0 Å². The van der Waals surface area contributed by atoms with Crippen molar-refractivity contribution in [3.63, 3.8) is 0 Å². The first-order valence-corrected chi connectivity index (χ1v) is 9.31. The molecular formula is C16H25N3O3S. The molecule has 7 heteroatoms. The summed E-state index contributed by atoms with van der Waals surface area (Å²) in [6.45, 7) is 7.16. The summed E-state index contributed by atoms with van der Waals surface area (Å²) in [5.74, 6) is -0.162. The van der Waals surface area contributed by atoms with Crippen molar-refractivity contribution >= 4 is 15.9 Å². The van der Waals surface area contributed by atoms with Gasteiger partial charge in [-0.15, -0.1) is 0 Å². The van der Waals surface area contributed by atoms with Crippen LogP contribution >= 0.6 is 0 Å². The third-order valence-electron chi connectivity index (χ3n) is 3.54. The first kappa shape index (κ1) is 17.9. The van der Waals surface area contributed by atoms with Gasteiger partial charge >= 0.3 is 0 Å². The molecule has 0 aliphatic carbocycles. The van der Waals surface area contributed by atoms with Crippen LogP contribution in [0.25, 0.3) is 0 Å². The molecule has 6 nitrogen and oxygen atoms in total. The van der Waals surface area contributed by atoms with Gasteiger partial charge in [0.15, 0.2) is 0 Å². The third kappa shape index (κ3) is 5.30. The van der Waals surface area contributed by atoms with Crippen molar-refractivity contribution in [3.8, 4) is 0 Å². The Kier molecular flexibility index (Phi) is 5.44. The van der Waals surface area contributed by atoms with Crippen molar-refractivity contribution in [1.82, 2.24) is 15.4 Å². The van der Waals surface area contributed by atoms with E-state index in [2.05, 4.69) is 15.4 Å². The van der Waals surface area contributed by atoms with E-state index in [-0.39, 0.29) is 16.8 Å². The fraction of sp³-hybridized carbons (Fsp3) is 0.562. The number of sulfonamides is 1. The van der Waals surface area contributed by atoms with Gasteiger partial charge in [-0.3, -0.25) is 4.79 Å². The van der Waals surface area contributed by atoms with Gasteiger partial charge in [-0.05, 0) is 71.0 Å². The predicted molar refractivity (Wildman–Crippen MR) is 89.9 cm³/mol. The number of carbonyl (C=O) groups is 1. The molecule has 1 aliphatic heterocycles. The van der Waals surface area contributed by atoms with Crippen LogP contribution in [0.15, 0.2) is 29.2 Å². The molecule has 0 saturated carbocycles. The van der Waals surface area contributed by atoms with E-state index in [1.807, 2.05) is 0 Å². The van der Waals surface area contributed by atoms with Crippen LogP contribution in [0.3, 0.4) is 0 Å². The topological polar surface area (TPSA) is 87.3 Å². The number of carbonyl (C=O) groups excluding carboxylic acids is 1. The van der Waals surface area contributed by atoms with Gasteiger partial charge in [-0.1, -0.05) is 0 Å². The molecule has 23 heavy (non-hydrogen) atoms. The monoisotopic (exact) mass is 339 g/mol. The number of nitrogens with one attached hydrogen (secondary N) is 3. The Labute approximate surface area is 138 Å². The Morgan fingerprint density at radius 1 is 1.13 bits per heavy atom. The molecule has 3 N–H and O–H groups in total. The van der Waals surface area contributed by atoms with Crippen LogP contribution in [0.1, 0.15) is 44.0 Å². The van der Waals surface area contributed by atoms with Gasteiger partial charge in [0.1, 0.15) is 0 Å². The van der Waals surface area contributed by atoms with E-state index in [0.29, 0.717) is 5.56 Å². The third-order valence-corrected chi connectivity index (χ3v) is 5.32. The molecule has 2 rings (SSSR count). The number of rotatable bonds is 4. The molecule has 1 heterocycles. The molecule has 0 atom stereocenters. The molecule has 1 saturated heterocycles. The van der Waals surface area contributed by atoms with E-state index in [0.717, 1.165) is 25.9 Å². The summed E-state index contributed by atoms with van der Waals surface area (Å²) in [5.41, 5.74) is -0.0811. The molecule has 0 aromatic heterocycles. The van der Waals surface area contributed by atoms with E-state index in [9.17, 15) is 13.2 Å². The predicted octanol–water partition coefficient (Wildman–Crippen LogP) is 1.25.